The fourth-order valence-electron chi connectivity index (χ4n) is 2.73. The average molecular weight is 379 g/mol. The lowest BCUT2D eigenvalue weighted by molar-refractivity contribution is 0.0951. The fourth-order valence-corrected chi connectivity index (χ4v) is 2.85. The van der Waals surface area contributed by atoms with Crippen LogP contribution in [0.5, 0.6) is 0 Å². The summed E-state index contributed by atoms with van der Waals surface area (Å²) in [5.74, 6) is -0.444. The zero-order valence-electron chi connectivity index (χ0n) is 14.9. The maximum absolute atomic E-state index is 12.8. The van der Waals surface area contributed by atoms with Gasteiger partial charge in [-0.3, -0.25) is 9.59 Å². The second-order valence-corrected chi connectivity index (χ2v) is 6.49. The molecule has 4 nitrogen and oxygen atoms in total. The van der Waals surface area contributed by atoms with Gasteiger partial charge in [-0.1, -0.05) is 54.1 Å². The van der Waals surface area contributed by atoms with Crippen LogP contribution in [0, 0.1) is 0 Å². The van der Waals surface area contributed by atoms with Gasteiger partial charge in [0.05, 0.1) is 11.3 Å². The molecule has 0 bridgehead atoms. The molecule has 27 heavy (non-hydrogen) atoms. The van der Waals surface area contributed by atoms with E-state index in [4.69, 9.17) is 11.6 Å². The average Bonchev–Trinajstić information content (AvgIpc) is 2.72. The number of benzene rings is 3. The Labute approximate surface area is 163 Å². The van der Waals surface area contributed by atoms with E-state index in [-0.39, 0.29) is 11.8 Å². The van der Waals surface area contributed by atoms with Crippen LogP contribution in [-0.2, 0) is 6.54 Å². The second kappa shape index (κ2) is 8.52. The molecule has 0 unspecified atom stereocenters. The van der Waals surface area contributed by atoms with Crippen LogP contribution in [-0.4, -0.2) is 18.9 Å². The van der Waals surface area contributed by atoms with Gasteiger partial charge in [-0.2, -0.15) is 0 Å². The lowest BCUT2D eigenvalue weighted by atomic mass is 10.1. The minimum atomic E-state index is -0.231. The molecule has 2 amide bonds. The predicted molar refractivity (Wildman–Crippen MR) is 108 cm³/mol. The predicted octanol–water partition coefficient (Wildman–Crippen LogP) is 4.55. The Kier molecular flexibility index (Phi) is 5.89. The van der Waals surface area contributed by atoms with E-state index in [0.29, 0.717) is 28.4 Å². The van der Waals surface area contributed by atoms with Crippen LogP contribution < -0.4 is 10.2 Å². The molecule has 3 aromatic carbocycles. The Hall–Kier alpha value is -3.11. The molecule has 0 radical (unpaired) electrons. The largest absolute Gasteiger partial charge is 0.348 e. The molecule has 0 aliphatic rings. The molecule has 3 aromatic rings. The SMILES string of the molecule is CN(C(=O)c1ccc(Cl)cc1)c1ccccc1C(=O)NCc1ccccc1. The molecule has 1 N–H and O–H groups in total. The number of carbonyl (C=O) groups is 2. The standard InChI is InChI=1S/C22H19ClN2O2/c1-25(22(27)17-11-13-18(23)14-12-17)20-10-6-5-9-19(20)21(26)24-15-16-7-3-2-4-8-16/h2-14H,15H2,1H3,(H,24,26). The van der Waals surface area contributed by atoms with Crippen molar-refractivity contribution in [2.75, 3.05) is 11.9 Å². The van der Waals surface area contributed by atoms with Crippen LogP contribution in [0.4, 0.5) is 5.69 Å². The first-order valence-electron chi connectivity index (χ1n) is 8.51. The molecule has 0 heterocycles. The Morgan fingerprint density at radius 1 is 0.889 bits per heavy atom. The second-order valence-electron chi connectivity index (χ2n) is 6.06. The summed E-state index contributed by atoms with van der Waals surface area (Å²) in [4.78, 5) is 26.9. The highest BCUT2D eigenvalue weighted by atomic mass is 35.5. The molecule has 5 heteroatoms. The number of rotatable bonds is 5. The monoisotopic (exact) mass is 378 g/mol. The Balaban J connectivity index is 1.79. The van der Waals surface area contributed by atoms with Crippen molar-refractivity contribution >= 4 is 29.1 Å². The van der Waals surface area contributed by atoms with Crippen molar-refractivity contribution in [1.29, 1.82) is 0 Å². The van der Waals surface area contributed by atoms with E-state index in [1.807, 2.05) is 30.3 Å². The molecule has 0 atom stereocenters. The summed E-state index contributed by atoms with van der Waals surface area (Å²) in [5, 5.41) is 3.47. The van der Waals surface area contributed by atoms with Gasteiger partial charge in [-0.15, -0.1) is 0 Å². The number of anilines is 1. The number of para-hydroxylation sites is 1. The van der Waals surface area contributed by atoms with Gasteiger partial charge in [0, 0.05) is 24.2 Å². The number of halogens is 1. The van der Waals surface area contributed by atoms with Crippen LogP contribution >= 0.6 is 11.6 Å². The van der Waals surface area contributed by atoms with E-state index in [9.17, 15) is 9.59 Å². The minimum Gasteiger partial charge on any atom is -0.348 e. The zero-order valence-corrected chi connectivity index (χ0v) is 15.6. The van der Waals surface area contributed by atoms with Crippen LogP contribution in [0.25, 0.3) is 0 Å². The third kappa shape index (κ3) is 4.54. The maximum Gasteiger partial charge on any atom is 0.258 e. The van der Waals surface area contributed by atoms with Crippen LogP contribution in [0.3, 0.4) is 0 Å². The van der Waals surface area contributed by atoms with Crippen molar-refractivity contribution in [3.63, 3.8) is 0 Å². The first-order valence-corrected chi connectivity index (χ1v) is 8.89. The molecule has 136 valence electrons. The van der Waals surface area contributed by atoms with Crippen LogP contribution in [0.2, 0.25) is 5.02 Å². The van der Waals surface area contributed by atoms with Gasteiger partial charge in [-0.05, 0) is 42.0 Å². The first-order chi connectivity index (χ1) is 13.1. The van der Waals surface area contributed by atoms with Crippen molar-refractivity contribution in [2.45, 2.75) is 6.54 Å². The van der Waals surface area contributed by atoms with Crippen molar-refractivity contribution in [3.8, 4) is 0 Å². The van der Waals surface area contributed by atoms with Gasteiger partial charge in [0.1, 0.15) is 0 Å². The van der Waals surface area contributed by atoms with Crippen molar-refractivity contribution < 1.29 is 9.59 Å². The van der Waals surface area contributed by atoms with Gasteiger partial charge >= 0.3 is 0 Å². The molecule has 0 saturated carbocycles. The number of nitrogens with one attached hydrogen (secondary N) is 1. The molecule has 0 saturated heterocycles. The van der Waals surface area contributed by atoms with Crippen molar-refractivity contribution in [2.24, 2.45) is 0 Å². The summed E-state index contributed by atoms with van der Waals surface area (Å²) in [6, 6.07) is 23.4. The van der Waals surface area contributed by atoms with Gasteiger partial charge in [0.2, 0.25) is 0 Å². The fraction of sp³-hybridized carbons (Fsp3) is 0.0909. The Bertz CT molecular complexity index is 940. The maximum atomic E-state index is 12.8. The molecule has 0 fully saturated rings. The third-order valence-corrected chi connectivity index (χ3v) is 4.45. The highest BCUT2D eigenvalue weighted by Gasteiger charge is 2.19. The summed E-state index contributed by atoms with van der Waals surface area (Å²) >= 11 is 5.89. The Morgan fingerprint density at radius 3 is 2.22 bits per heavy atom. The molecular weight excluding hydrogens is 360 g/mol. The minimum absolute atomic E-state index is 0.213. The molecule has 0 aromatic heterocycles. The first kappa shape index (κ1) is 18.7. The van der Waals surface area contributed by atoms with E-state index in [1.165, 1.54) is 4.90 Å². The van der Waals surface area contributed by atoms with Crippen LogP contribution in [0.1, 0.15) is 26.3 Å². The third-order valence-electron chi connectivity index (χ3n) is 4.20. The van der Waals surface area contributed by atoms with E-state index in [0.717, 1.165) is 5.56 Å². The lowest BCUT2D eigenvalue weighted by Gasteiger charge is -2.20. The van der Waals surface area contributed by atoms with E-state index in [2.05, 4.69) is 5.32 Å². The van der Waals surface area contributed by atoms with Gasteiger partial charge in [0.15, 0.2) is 0 Å². The van der Waals surface area contributed by atoms with Crippen molar-refractivity contribution in [3.05, 3.63) is 101 Å². The number of hydrogen-bond donors (Lipinski definition) is 1. The quantitative estimate of drug-likeness (QED) is 0.708. The molecule has 3 rings (SSSR count). The van der Waals surface area contributed by atoms with E-state index in [1.54, 1.807) is 55.6 Å². The topological polar surface area (TPSA) is 49.4 Å². The zero-order chi connectivity index (χ0) is 19.2. The summed E-state index contributed by atoms with van der Waals surface area (Å²) < 4.78 is 0. The molecule has 0 aliphatic carbocycles. The summed E-state index contributed by atoms with van der Waals surface area (Å²) in [7, 11) is 1.65. The van der Waals surface area contributed by atoms with E-state index < -0.39 is 0 Å². The van der Waals surface area contributed by atoms with Crippen molar-refractivity contribution in [1.82, 2.24) is 5.32 Å². The highest BCUT2D eigenvalue weighted by molar-refractivity contribution is 6.30. The normalized spacial score (nSPS) is 10.3. The summed E-state index contributed by atoms with van der Waals surface area (Å²) in [6.45, 7) is 0.419. The van der Waals surface area contributed by atoms with Gasteiger partial charge in [-0.25, -0.2) is 0 Å². The highest BCUT2D eigenvalue weighted by Crippen LogP contribution is 2.22. The molecule has 0 spiro atoms. The Morgan fingerprint density at radius 2 is 1.52 bits per heavy atom. The number of amides is 2. The number of hydrogen-bond acceptors (Lipinski definition) is 2. The number of carbonyl (C=O) groups excluding carboxylic acids is 2. The van der Waals surface area contributed by atoms with E-state index >= 15 is 0 Å². The van der Waals surface area contributed by atoms with Crippen LogP contribution in [0.15, 0.2) is 78.9 Å². The lowest BCUT2D eigenvalue weighted by Crippen LogP contribution is -2.30. The van der Waals surface area contributed by atoms with Gasteiger partial charge < -0.3 is 10.2 Å². The molecule has 0 aliphatic heterocycles. The smallest absolute Gasteiger partial charge is 0.258 e. The number of nitrogens with zero attached hydrogens (tertiary/aromatic N) is 1. The van der Waals surface area contributed by atoms with Gasteiger partial charge in [0.25, 0.3) is 11.8 Å². The summed E-state index contributed by atoms with van der Waals surface area (Å²) in [6.07, 6.45) is 0. The molecular formula is C22H19ClN2O2. The summed E-state index contributed by atoms with van der Waals surface area (Å²) in [5.41, 5.74) is 2.50.